The maximum absolute atomic E-state index is 12.8. The van der Waals surface area contributed by atoms with E-state index in [1.54, 1.807) is 0 Å². The summed E-state index contributed by atoms with van der Waals surface area (Å²) in [6, 6.07) is 9.01. The predicted molar refractivity (Wildman–Crippen MR) is 112 cm³/mol. The number of aromatic hydroxyl groups is 1. The minimum Gasteiger partial charge on any atom is -0.501 e. The number of nitrogens with one attached hydrogen (secondary N) is 1. The van der Waals surface area contributed by atoms with Crippen molar-refractivity contribution < 1.29 is 19.0 Å². The maximum atomic E-state index is 12.8. The molecule has 1 atom stereocenters. The van der Waals surface area contributed by atoms with Crippen molar-refractivity contribution in [2.75, 3.05) is 16.6 Å². The SMILES string of the molecule is CCC(NC(=O)c1nc(N2CCCCS2(O)O)n(C)c(=O)c1O)c1ccccc1. The lowest BCUT2D eigenvalue weighted by Crippen LogP contribution is -2.40. The zero-order valence-electron chi connectivity index (χ0n) is 16.4. The minimum absolute atomic E-state index is 0.0505. The van der Waals surface area contributed by atoms with Crippen molar-refractivity contribution in [1.29, 1.82) is 0 Å². The molecule has 1 fully saturated rings. The summed E-state index contributed by atoms with van der Waals surface area (Å²) in [7, 11) is -1.77. The smallest absolute Gasteiger partial charge is 0.297 e. The van der Waals surface area contributed by atoms with E-state index in [1.165, 1.54) is 11.4 Å². The number of anilines is 1. The molecule has 2 heterocycles. The van der Waals surface area contributed by atoms with Gasteiger partial charge in [-0.1, -0.05) is 37.3 Å². The highest BCUT2D eigenvalue weighted by Gasteiger charge is 2.32. The van der Waals surface area contributed by atoms with Crippen LogP contribution in [-0.2, 0) is 7.05 Å². The van der Waals surface area contributed by atoms with Crippen molar-refractivity contribution >= 4 is 22.6 Å². The molecule has 0 bridgehead atoms. The van der Waals surface area contributed by atoms with Crippen LogP contribution in [0.5, 0.6) is 5.75 Å². The number of nitrogens with zero attached hydrogens (tertiary/aromatic N) is 3. The van der Waals surface area contributed by atoms with E-state index in [2.05, 4.69) is 10.3 Å². The summed E-state index contributed by atoms with van der Waals surface area (Å²) in [6.07, 6.45) is 1.94. The fraction of sp³-hybridized carbons (Fsp3) is 0.421. The zero-order chi connectivity index (χ0) is 21.2. The van der Waals surface area contributed by atoms with E-state index < -0.39 is 33.7 Å². The first-order valence-corrected chi connectivity index (χ1v) is 11.1. The molecule has 0 radical (unpaired) electrons. The van der Waals surface area contributed by atoms with E-state index in [0.717, 1.165) is 10.1 Å². The monoisotopic (exact) mass is 422 g/mol. The van der Waals surface area contributed by atoms with Crippen molar-refractivity contribution in [3.05, 3.63) is 51.9 Å². The van der Waals surface area contributed by atoms with Crippen LogP contribution in [0.2, 0.25) is 0 Å². The third-order valence-corrected chi connectivity index (χ3v) is 6.87. The molecule has 0 saturated carbocycles. The Morgan fingerprint density at radius 1 is 1.28 bits per heavy atom. The van der Waals surface area contributed by atoms with Gasteiger partial charge in [-0.05, 0) is 24.8 Å². The van der Waals surface area contributed by atoms with Gasteiger partial charge in [0.15, 0.2) is 5.69 Å². The normalized spacial score (nSPS) is 18.1. The molecule has 1 aromatic heterocycles. The van der Waals surface area contributed by atoms with E-state index in [1.807, 2.05) is 37.3 Å². The Hall–Kier alpha value is -2.56. The van der Waals surface area contributed by atoms with Gasteiger partial charge < -0.3 is 10.4 Å². The van der Waals surface area contributed by atoms with Gasteiger partial charge in [0.25, 0.3) is 11.5 Å². The summed E-state index contributed by atoms with van der Waals surface area (Å²) in [5.74, 6) is -1.36. The van der Waals surface area contributed by atoms with E-state index in [-0.39, 0.29) is 24.3 Å². The molecule has 0 spiro atoms. The molecule has 1 unspecified atom stereocenters. The van der Waals surface area contributed by atoms with Crippen LogP contribution in [0.15, 0.2) is 35.1 Å². The molecule has 9 nitrogen and oxygen atoms in total. The number of benzene rings is 1. The van der Waals surface area contributed by atoms with Crippen molar-refractivity contribution in [2.24, 2.45) is 7.05 Å². The van der Waals surface area contributed by atoms with E-state index in [4.69, 9.17) is 0 Å². The number of amides is 1. The van der Waals surface area contributed by atoms with Crippen LogP contribution in [-0.4, -0.2) is 42.0 Å². The Labute approximate surface area is 170 Å². The summed E-state index contributed by atoms with van der Waals surface area (Å²) in [6.45, 7) is 2.19. The molecule has 1 saturated heterocycles. The molecule has 29 heavy (non-hydrogen) atoms. The van der Waals surface area contributed by atoms with E-state index in [0.29, 0.717) is 19.3 Å². The summed E-state index contributed by atoms with van der Waals surface area (Å²) in [5, 5.41) is 13.1. The Morgan fingerprint density at radius 3 is 2.59 bits per heavy atom. The van der Waals surface area contributed by atoms with Crippen molar-refractivity contribution in [3.8, 4) is 5.75 Å². The molecule has 4 N–H and O–H groups in total. The molecule has 1 aliphatic rings. The quantitative estimate of drug-likeness (QED) is 0.583. The molecule has 3 rings (SSSR count). The highest BCUT2D eigenvalue weighted by molar-refractivity contribution is 8.25. The summed E-state index contributed by atoms with van der Waals surface area (Å²) < 4.78 is 23.0. The second-order valence-corrected chi connectivity index (χ2v) is 9.08. The lowest BCUT2D eigenvalue weighted by molar-refractivity contribution is 0.0926. The Bertz CT molecular complexity index is 948. The van der Waals surface area contributed by atoms with Crippen LogP contribution in [0.4, 0.5) is 5.95 Å². The molecule has 158 valence electrons. The van der Waals surface area contributed by atoms with E-state index in [9.17, 15) is 23.8 Å². The highest BCUT2D eigenvalue weighted by Crippen LogP contribution is 2.48. The fourth-order valence-corrected chi connectivity index (χ4v) is 4.99. The number of aromatic nitrogens is 2. The van der Waals surface area contributed by atoms with Crippen LogP contribution in [0.1, 0.15) is 48.3 Å². The minimum atomic E-state index is -3.14. The van der Waals surface area contributed by atoms with Gasteiger partial charge in [-0.2, -0.15) is 0 Å². The van der Waals surface area contributed by atoms with Gasteiger partial charge in [-0.25, -0.2) is 9.29 Å². The van der Waals surface area contributed by atoms with Crippen LogP contribution in [0.25, 0.3) is 0 Å². The Morgan fingerprint density at radius 2 is 1.97 bits per heavy atom. The molecular formula is C19H26N4O5S. The second-order valence-electron chi connectivity index (χ2n) is 6.96. The van der Waals surface area contributed by atoms with Gasteiger partial charge in [0.2, 0.25) is 11.7 Å². The molecule has 1 aliphatic heterocycles. The van der Waals surface area contributed by atoms with Crippen LogP contribution in [0.3, 0.4) is 0 Å². The van der Waals surface area contributed by atoms with Gasteiger partial charge in [0, 0.05) is 13.6 Å². The molecule has 2 aromatic rings. The van der Waals surface area contributed by atoms with Gasteiger partial charge in [0.05, 0.1) is 11.8 Å². The lowest BCUT2D eigenvalue weighted by atomic mass is 10.0. The molecular weight excluding hydrogens is 396 g/mol. The summed E-state index contributed by atoms with van der Waals surface area (Å²) in [4.78, 5) is 29.5. The Balaban J connectivity index is 1.98. The molecule has 0 aliphatic carbocycles. The Kier molecular flexibility index (Phi) is 6.15. The first kappa shape index (κ1) is 21.2. The predicted octanol–water partition coefficient (Wildman–Crippen LogP) is 2.63. The molecule has 1 aromatic carbocycles. The highest BCUT2D eigenvalue weighted by atomic mass is 32.3. The largest absolute Gasteiger partial charge is 0.501 e. The van der Waals surface area contributed by atoms with Crippen molar-refractivity contribution in [3.63, 3.8) is 0 Å². The van der Waals surface area contributed by atoms with Gasteiger partial charge in [-0.15, -0.1) is 10.8 Å². The average molecular weight is 423 g/mol. The molecule has 1 amide bonds. The first-order chi connectivity index (χ1) is 13.8. The number of carbonyl (C=O) groups excluding carboxylic acids is 1. The third kappa shape index (κ3) is 4.24. The summed E-state index contributed by atoms with van der Waals surface area (Å²) >= 11 is 0. The maximum Gasteiger partial charge on any atom is 0.297 e. The number of rotatable bonds is 5. The fourth-order valence-electron chi connectivity index (χ4n) is 3.33. The van der Waals surface area contributed by atoms with Crippen LogP contribution >= 0.6 is 10.8 Å². The van der Waals surface area contributed by atoms with Crippen molar-refractivity contribution in [1.82, 2.24) is 14.9 Å². The number of hydrogen-bond acceptors (Lipinski definition) is 7. The van der Waals surface area contributed by atoms with Crippen molar-refractivity contribution in [2.45, 2.75) is 32.2 Å². The topological polar surface area (TPSA) is 128 Å². The third-order valence-electron chi connectivity index (χ3n) is 4.98. The van der Waals surface area contributed by atoms with E-state index >= 15 is 0 Å². The average Bonchev–Trinajstić information content (AvgIpc) is 2.71. The van der Waals surface area contributed by atoms with Gasteiger partial charge in [-0.3, -0.25) is 23.3 Å². The number of carbonyl (C=O) groups is 1. The molecule has 10 heteroatoms. The van der Waals surface area contributed by atoms with Gasteiger partial charge >= 0.3 is 0 Å². The summed E-state index contributed by atoms with van der Waals surface area (Å²) in [5.41, 5.74) is -0.371. The lowest BCUT2D eigenvalue weighted by Gasteiger charge is -2.46. The van der Waals surface area contributed by atoms with Crippen LogP contribution in [0, 0.1) is 0 Å². The second kappa shape index (κ2) is 8.44. The first-order valence-electron chi connectivity index (χ1n) is 9.45. The zero-order valence-corrected chi connectivity index (χ0v) is 17.2. The number of hydrogen-bond donors (Lipinski definition) is 4. The van der Waals surface area contributed by atoms with Crippen LogP contribution < -0.4 is 15.2 Å². The standard InChI is InChI=1S/C19H26N4O5S/c1-3-14(13-9-5-4-6-10-13)20-17(25)15-16(24)18(26)22(2)19(21-15)23-11-7-8-12-29(23,27)28/h4-6,9-10,14,24,27-28H,3,7-8,11-12H2,1-2H3,(H,20,25). The van der Waals surface area contributed by atoms with Gasteiger partial charge in [0.1, 0.15) is 0 Å².